The lowest BCUT2D eigenvalue weighted by Crippen LogP contribution is -2.03. The quantitative estimate of drug-likeness (QED) is 0.748. The maximum Gasteiger partial charge on any atom is 0.168 e. The number of carbonyl (C=O) groups is 1. The summed E-state index contributed by atoms with van der Waals surface area (Å²) in [5.41, 5.74) is 2.08. The summed E-state index contributed by atoms with van der Waals surface area (Å²) >= 11 is 3.47. The largest absolute Gasteiger partial charge is 0.294 e. The van der Waals surface area contributed by atoms with Gasteiger partial charge >= 0.3 is 0 Å². The molecule has 0 saturated heterocycles. The Morgan fingerprint density at radius 1 is 1.00 bits per heavy atom. The Balaban J connectivity index is 2.22. The van der Waals surface area contributed by atoms with E-state index in [0.29, 0.717) is 6.42 Å². The molecule has 90 valence electrons. The van der Waals surface area contributed by atoms with E-state index in [1.54, 1.807) is 22.7 Å². The van der Waals surface area contributed by atoms with Crippen LogP contribution in [-0.4, -0.2) is 5.78 Å². The summed E-state index contributed by atoms with van der Waals surface area (Å²) in [6, 6.07) is 4.14. The highest BCUT2D eigenvalue weighted by Gasteiger charge is 2.14. The van der Waals surface area contributed by atoms with Gasteiger partial charge in [-0.15, -0.1) is 22.7 Å². The van der Waals surface area contributed by atoms with E-state index in [9.17, 15) is 4.79 Å². The smallest absolute Gasteiger partial charge is 0.168 e. The van der Waals surface area contributed by atoms with Gasteiger partial charge in [-0.1, -0.05) is 0 Å². The van der Waals surface area contributed by atoms with Crippen LogP contribution in [0, 0.1) is 27.7 Å². The molecule has 2 rings (SSSR count). The van der Waals surface area contributed by atoms with Gasteiger partial charge in [0.25, 0.3) is 0 Å². The minimum atomic E-state index is 0.243. The van der Waals surface area contributed by atoms with Gasteiger partial charge in [-0.3, -0.25) is 4.79 Å². The fraction of sp³-hybridized carbons (Fsp3) is 0.357. The first kappa shape index (κ1) is 12.5. The average Bonchev–Trinajstić information content (AvgIpc) is 2.70. The lowest BCUT2D eigenvalue weighted by atomic mass is 10.0. The van der Waals surface area contributed by atoms with Crippen molar-refractivity contribution in [2.75, 3.05) is 0 Å². The van der Waals surface area contributed by atoms with Gasteiger partial charge in [-0.25, -0.2) is 0 Å². The minimum Gasteiger partial charge on any atom is -0.294 e. The van der Waals surface area contributed by atoms with E-state index in [0.717, 1.165) is 10.4 Å². The van der Waals surface area contributed by atoms with Crippen molar-refractivity contribution in [3.8, 4) is 0 Å². The Bertz CT molecular complexity index is 561. The van der Waals surface area contributed by atoms with E-state index in [-0.39, 0.29) is 5.78 Å². The molecule has 0 N–H and O–H groups in total. The minimum absolute atomic E-state index is 0.243. The zero-order valence-corrected chi connectivity index (χ0v) is 12.2. The van der Waals surface area contributed by atoms with Crippen LogP contribution >= 0.6 is 22.7 Å². The number of rotatable bonds is 3. The molecule has 3 heteroatoms. The Labute approximate surface area is 110 Å². The summed E-state index contributed by atoms with van der Waals surface area (Å²) in [7, 11) is 0. The summed E-state index contributed by atoms with van der Waals surface area (Å²) in [6.45, 7) is 8.25. The van der Waals surface area contributed by atoms with Crippen molar-refractivity contribution in [3.05, 3.63) is 42.8 Å². The molecule has 2 aromatic rings. The monoisotopic (exact) mass is 264 g/mol. The topological polar surface area (TPSA) is 17.1 Å². The van der Waals surface area contributed by atoms with E-state index in [1.165, 1.54) is 20.2 Å². The third-order valence-electron chi connectivity index (χ3n) is 2.84. The summed E-state index contributed by atoms with van der Waals surface area (Å²) in [5, 5.41) is 0. The van der Waals surface area contributed by atoms with Crippen LogP contribution in [-0.2, 0) is 6.42 Å². The Morgan fingerprint density at radius 3 is 2.06 bits per heavy atom. The maximum absolute atomic E-state index is 12.2. The molecule has 2 aromatic heterocycles. The SMILES string of the molecule is Cc1cc(CC(=O)c2cc(C)sc2C)c(C)s1. The van der Waals surface area contributed by atoms with Gasteiger partial charge < -0.3 is 0 Å². The van der Waals surface area contributed by atoms with Gasteiger partial charge in [0, 0.05) is 31.5 Å². The van der Waals surface area contributed by atoms with Gasteiger partial charge in [0.15, 0.2) is 5.78 Å². The predicted molar refractivity (Wildman–Crippen MR) is 75.6 cm³/mol. The molecule has 0 spiro atoms. The van der Waals surface area contributed by atoms with Crippen molar-refractivity contribution in [1.29, 1.82) is 0 Å². The van der Waals surface area contributed by atoms with Crippen LogP contribution in [0.15, 0.2) is 12.1 Å². The maximum atomic E-state index is 12.2. The molecule has 0 aliphatic heterocycles. The second-order valence-corrected chi connectivity index (χ2v) is 7.29. The Morgan fingerprint density at radius 2 is 1.59 bits per heavy atom. The van der Waals surface area contributed by atoms with Crippen molar-refractivity contribution in [2.24, 2.45) is 0 Å². The molecule has 0 aliphatic carbocycles. The van der Waals surface area contributed by atoms with E-state index in [2.05, 4.69) is 26.8 Å². The average molecular weight is 264 g/mol. The fourth-order valence-electron chi connectivity index (χ4n) is 2.03. The highest BCUT2D eigenvalue weighted by molar-refractivity contribution is 7.12. The van der Waals surface area contributed by atoms with E-state index in [4.69, 9.17) is 0 Å². The third-order valence-corrected chi connectivity index (χ3v) is 4.81. The first-order valence-electron chi connectivity index (χ1n) is 5.63. The molecule has 2 heterocycles. The van der Waals surface area contributed by atoms with Crippen LogP contribution in [0.25, 0.3) is 0 Å². The van der Waals surface area contributed by atoms with Crippen LogP contribution in [0.1, 0.15) is 35.4 Å². The molecule has 0 radical (unpaired) electrons. The summed E-state index contributed by atoms with van der Waals surface area (Å²) in [6.07, 6.45) is 0.535. The number of thiophene rings is 2. The highest BCUT2D eigenvalue weighted by atomic mass is 32.1. The number of Topliss-reactive ketones (excluding diaryl/α,β-unsaturated/α-hetero) is 1. The van der Waals surface area contributed by atoms with Crippen LogP contribution in [0.3, 0.4) is 0 Å². The second-order valence-electron chi connectivity index (χ2n) is 4.37. The fourth-order valence-corrected chi connectivity index (χ4v) is 3.92. The van der Waals surface area contributed by atoms with Gasteiger partial charge in [0.05, 0.1) is 0 Å². The van der Waals surface area contributed by atoms with E-state index < -0.39 is 0 Å². The molecule has 0 saturated carbocycles. The highest BCUT2D eigenvalue weighted by Crippen LogP contribution is 2.25. The van der Waals surface area contributed by atoms with Crippen molar-refractivity contribution in [3.63, 3.8) is 0 Å². The molecule has 0 aromatic carbocycles. The van der Waals surface area contributed by atoms with Crippen molar-refractivity contribution < 1.29 is 4.79 Å². The van der Waals surface area contributed by atoms with E-state index >= 15 is 0 Å². The lowest BCUT2D eigenvalue weighted by molar-refractivity contribution is 0.0993. The molecule has 0 amide bonds. The standard InChI is InChI=1S/C14H16OS2/c1-8-5-12(10(3)16-8)7-14(15)13-6-9(2)17-11(13)4/h5-6H,7H2,1-4H3. The molecule has 0 aliphatic rings. The number of carbonyl (C=O) groups excluding carboxylic acids is 1. The molecule has 1 nitrogen and oxygen atoms in total. The Hall–Kier alpha value is -0.930. The molecule has 0 atom stereocenters. The van der Waals surface area contributed by atoms with Crippen LogP contribution in [0.4, 0.5) is 0 Å². The van der Waals surface area contributed by atoms with Gasteiger partial charge in [-0.2, -0.15) is 0 Å². The van der Waals surface area contributed by atoms with Crippen LogP contribution in [0.5, 0.6) is 0 Å². The molecular weight excluding hydrogens is 248 g/mol. The van der Waals surface area contributed by atoms with Crippen LogP contribution in [0.2, 0.25) is 0 Å². The van der Waals surface area contributed by atoms with E-state index in [1.807, 2.05) is 13.0 Å². The summed E-state index contributed by atoms with van der Waals surface area (Å²) < 4.78 is 0. The third kappa shape index (κ3) is 2.67. The van der Waals surface area contributed by atoms with Crippen LogP contribution < -0.4 is 0 Å². The number of ketones is 1. The Kier molecular flexibility index (Phi) is 3.50. The molecule has 0 bridgehead atoms. The zero-order valence-electron chi connectivity index (χ0n) is 10.6. The molecule has 0 unspecified atom stereocenters. The normalized spacial score (nSPS) is 10.8. The zero-order chi connectivity index (χ0) is 12.6. The molecule has 0 fully saturated rings. The summed E-state index contributed by atoms with van der Waals surface area (Å²) in [4.78, 5) is 17.1. The number of hydrogen-bond donors (Lipinski definition) is 0. The molecular formula is C14H16OS2. The molecule has 17 heavy (non-hydrogen) atoms. The van der Waals surface area contributed by atoms with Crippen molar-refractivity contribution >= 4 is 28.5 Å². The van der Waals surface area contributed by atoms with Gasteiger partial charge in [-0.05, 0) is 45.4 Å². The van der Waals surface area contributed by atoms with Crippen molar-refractivity contribution in [2.45, 2.75) is 34.1 Å². The number of hydrogen-bond acceptors (Lipinski definition) is 3. The first-order valence-corrected chi connectivity index (χ1v) is 7.27. The van der Waals surface area contributed by atoms with Crippen molar-refractivity contribution in [1.82, 2.24) is 0 Å². The lowest BCUT2D eigenvalue weighted by Gasteiger charge is -1.99. The van der Waals surface area contributed by atoms with Gasteiger partial charge in [0.2, 0.25) is 0 Å². The number of aryl methyl sites for hydroxylation is 4. The first-order chi connectivity index (χ1) is 7.97. The second kappa shape index (κ2) is 4.75. The summed E-state index contributed by atoms with van der Waals surface area (Å²) in [5.74, 6) is 0.243. The van der Waals surface area contributed by atoms with Gasteiger partial charge in [0.1, 0.15) is 0 Å². The predicted octanol–water partition coefficient (Wildman–Crippen LogP) is 4.47.